The monoisotopic (exact) mass is 775 g/mol. The SMILES string of the molecule is Cc1ccc(-c2ccc(-c3ccccc3-c3cc(-c4ccccc4-c4ccc(N5C=CCN5)cc4)cc(-c4ccccc4-c4ccc(-n5cccn5)cc4)c3)c(O)c2)nc1. The van der Waals surface area contributed by atoms with Crippen molar-refractivity contribution in [2.24, 2.45) is 0 Å². The number of hydrogen-bond donors (Lipinski definition) is 2. The van der Waals surface area contributed by atoms with Crippen LogP contribution in [0.4, 0.5) is 5.69 Å². The molecule has 0 amide bonds. The topological polar surface area (TPSA) is 66.2 Å². The molecule has 2 aromatic heterocycles. The van der Waals surface area contributed by atoms with E-state index in [0.29, 0.717) is 0 Å². The lowest BCUT2D eigenvalue weighted by atomic mass is 9.86. The van der Waals surface area contributed by atoms with Gasteiger partial charge in [0.2, 0.25) is 0 Å². The van der Waals surface area contributed by atoms with Crippen molar-refractivity contribution in [3.8, 4) is 89.5 Å². The number of aryl methyl sites for hydroxylation is 1. The number of phenols is 1. The van der Waals surface area contributed by atoms with Gasteiger partial charge in [-0.1, -0.05) is 115 Å². The van der Waals surface area contributed by atoms with Crippen LogP contribution < -0.4 is 10.4 Å². The van der Waals surface area contributed by atoms with E-state index in [4.69, 9.17) is 0 Å². The van der Waals surface area contributed by atoms with Crippen LogP contribution in [0.25, 0.3) is 83.7 Å². The number of pyridine rings is 1. The molecule has 0 bridgehead atoms. The largest absolute Gasteiger partial charge is 0.507 e. The van der Waals surface area contributed by atoms with Crippen LogP contribution >= 0.6 is 0 Å². The smallest absolute Gasteiger partial charge is 0.124 e. The molecule has 0 unspecified atom stereocenters. The molecule has 6 nitrogen and oxygen atoms in total. The second-order valence-electron chi connectivity index (χ2n) is 15.0. The molecule has 3 heterocycles. The molecule has 288 valence electrons. The van der Waals surface area contributed by atoms with Crippen molar-refractivity contribution in [3.63, 3.8) is 0 Å². The van der Waals surface area contributed by atoms with Crippen LogP contribution in [-0.2, 0) is 0 Å². The van der Waals surface area contributed by atoms with Crippen molar-refractivity contribution in [2.45, 2.75) is 6.92 Å². The van der Waals surface area contributed by atoms with Crippen molar-refractivity contribution in [2.75, 3.05) is 11.6 Å². The van der Waals surface area contributed by atoms with E-state index in [1.54, 1.807) is 6.20 Å². The number of anilines is 1. The second-order valence-corrected chi connectivity index (χ2v) is 15.0. The van der Waals surface area contributed by atoms with E-state index in [1.165, 1.54) is 0 Å². The lowest BCUT2D eigenvalue weighted by Gasteiger charge is -2.19. The van der Waals surface area contributed by atoms with E-state index in [9.17, 15) is 5.11 Å². The predicted octanol–water partition coefficient (Wildman–Crippen LogP) is 12.8. The molecule has 0 saturated heterocycles. The van der Waals surface area contributed by atoms with E-state index in [-0.39, 0.29) is 5.75 Å². The molecule has 6 heteroatoms. The Morgan fingerprint density at radius 2 is 1.03 bits per heavy atom. The molecule has 10 rings (SSSR count). The molecule has 0 spiro atoms. The van der Waals surface area contributed by atoms with E-state index < -0.39 is 0 Å². The minimum atomic E-state index is 0.205. The normalized spacial score (nSPS) is 12.2. The summed E-state index contributed by atoms with van der Waals surface area (Å²) in [5.41, 5.74) is 21.0. The van der Waals surface area contributed by atoms with Gasteiger partial charge < -0.3 is 5.11 Å². The molecule has 0 saturated carbocycles. The summed E-state index contributed by atoms with van der Waals surface area (Å²) in [6, 6.07) is 61.6. The minimum Gasteiger partial charge on any atom is -0.507 e. The van der Waals surface area contributed by atoms with Gasteiger partial charge >= 0.3 is 0 Å². The summed E-state index contributed by atoms with van der Waals surface area (Å²) in [5, 5.41) is 18.1. The lowest BCUT2D eigenvalue weighted by Crippen LogP contribution is -2.27. The van der Waals surface area contributed by atoms with Crippen molar-refractivity contribution < 1.29 is 5.11 Å². The number of benzene rings is 7. The zero-order valence-corrected chi connectivity index (χ0v) is 33.1. The summed E-state index contributed by atoms with van der Waals surface area (Å²) >= 11 is 0. The standard InChI is InChI=1S/C54H41N5O/c1-37-16-27-53(55-36-37)40-21-26-52(54(60)35-40)51-15-7-6-14-50(51)43-33-41(48-12-4-2-10-46(48)38-17-22-44(23-18-38)58-30-8-28-56-58)32-42(34-43)49-13-5-3-11-47(49)39-19-24-45(25-20-39)59-31-9-29-57-59/h2-28,30-36,57,60H,29H2,1H3. The van der Waals surface area contributed by atoms with Crippen LogP contribution in [-0.4, -0.2) is 26.4 Å². The number of hydrogen-bond acceptors (Lipinski definition) is 5. The van der Waals surface area contributed by atoms with Crippen LogP contribution in [0, 0.1) is 6.92 Å². The molecule has 1 aliphatic rings. The fourth-order valence-electron chi connectivity index (χ4n) is 8.15. The van der Waals surface area contributed by atoms with Gasteiger partial charge in [-0.2, -0.15) is 5.10 Å². The number of nitrogens with one attached hydrogen (secondary N) is 1. The average Bonchev–Trinajstić information content (AvgIpc) is 4.06. The van der Waals surface area contributed by atoms with E-state index in [1.807, 2.05) is 66.5 Å². The fourth-order valence-corrected chi connectivity index (χ4v) is 8.15. The summed E-state index contributed by atoms with van der Waals surface area (Å²) in [6.45, 7) is 2.84. The van der Waals surface area contributed by atoms with Crippen LogP contribution in [0.2, 0.25) is 0 Å². The first-order valence-electron chi connectivity index (χ1n) is 20.2. The van der Waals surface area contributed by atoms with E-state index in [0.717, 1.165) is 102 Å². The summed E-state index contributed by atoms with van der Waals surface area (Å²) in [6.07, 6.45) is 9.78. The number of phenolic OH excluding ortho intramolecular Hbond substituents is 1. The molecular formula is C54H41N5O. The summed E-state index contributed by atoms with van der Waals surface area (Å²) in [5.74, 6) is 0.205. The summed E-state index contributed by atoms with van der Waals surface area (Å²) < 4.78 is 1.87. The molecule has 0 atom stereocenters. The Morgan fingerprint density at radius 3 is 1.53 bits per heavy atom. The molecule has 7 aromatic carbocycles. The molecular weight excluding hydrogens is 735 g/mol. The third-order valence-corrected chi connectivity index (χ3v) is 11.2. The van der Waals surface area contributed by atoms with Gasteiger partial charge in [0, 0.05) is 42.5 Å². The summed E-state index contributed by atoms with van der Waals surface area (Å²) in [4.78, 5) is 4.61. The van der Waals surface area contributed by atoms with Gasteiger partial charge in [-0.25, -0.2) is 10.1 Å². The molecule has 9 aromatic rings. The minimum absolute atomic E-state index is 0.205. The molecule has 0 radical (unpaired) electrons. The first-order chi connectivity index (χ1) is 29.6. The Balaban J connectivity index is 1.12. The van der Waals surface area contributed by atoms with Crippen LogP contribution in [0.1, 0.15) is 5.56 Å². The maximum atomic E-state index is 11.6. The maximum Gasteiger partial charge on any atom is 0.124 e. The highest BCUT2D eigenvalue weighted by atomic mass is 16.3. The lowest BCUT2D eigenvalue weighted by molar-refractivity contribution is 0.477. The average molecular weight is 776 g/mol. The Kier molecular flexibility index (Phi) is 9.66. The third kappa shape index (κ3) is 7.17. The van der Waals surface area contributed by atoms with Crippen LogP contribution in [0.5, 0.6) is 5.75 Å². The molecule has 60 heavy (non-hydrogen) atoms. The Bertz CT molecular complexity index is 2990. The predicted molar refractivity (Wildman–Crippen MR) is 245 cm³/mol. The maximum absolute atomic E-state index is 11.6. The Hall–Kier alpha value is -7.80. The number of rotatable bonds is 9. The van der Waals surface area contributed by atoms with Gasteiger partial charge in [0.25, 0.3) is 0 Å². The third-order valence-electron chi connectivity index (χ3n) is 11.2. The van der Waals surface area contributed by atoms with Gasteiger partial charge in [-0.05, 0) is 140 Å². The van der Waals surface area contributed by atoms with Crippen molar-refractivity contribution in [1.29, 1.82) is 0 Å². The van der Waals surface area contributed by atoms with Gasteiger partial charge in [-0.15, -0.1) is 0 Å². The number of aromatic nitrogens is 3. The van der Waals surface area contributed by atoms with E-state index >= 15 is 0 Å². The summed E-state index contributed by atoms with van der Waals surface area (Å²) in [7, 11) is 0. The number of aromatic hydroxyl groups is 1. The quantitative estimate of drug-likeness (QED) is 0.153. The first kappa shape index (κ1) is 36.5. The number of hydrazine groups is 1. The van der Waals surface area contributed by atoms with E-state index in [2.05, 4.69) is 166 Å². The molecule has 1 aliphatic heterocycles. The number of nitrogens with zero attached hydrogens (tertiary/aromatic N) is 4. The molecule has 0 fully saturated rings. The second kappa shape index (κ2) is 15.9. The first-order valence-corrected chi connectivity index (χ1v) is 20.2. The zero-order valence-electron chi connectivity index (χ0n) is 33.1. The van der Waals surface area contributed by atoms with Gasteiger partial charge in [0.1, 0.15) is 5.75 Å². The van der Waals surface area contributed by atoms with Gasteiger partial charge in [0.15, 0.2) is 0 Å². The highest BCUT2D eigenvalue weighted by molar-refractivity contribution is 5.95. The molecule has 2 N–H and O–H groups in total. The van der Waals surface area contributed by atoms with Gasteiger partial charge in [-0.3, -0.25) is 9.99 Å². The van der Waals surface area contributed by atoms with Crippen molar-refractivity contribution >= 4 is 5.69 Å². The Labute approximate surface area is 350 Å². The van der Waals surface area contributed by atoms with Gasteiger partial charge in [0.05, 0.1) is 17.1 Å². The zero-order chi connectivity index (χ0) is 40.4. The fraction of sp³-hybridized carbons (Fsp3) is 0.0370. The van der Waals surface area contributed by atoms with Crippen LogP contribution in [0.3, 0.4) is 0 Å². The van der Waals surface area contributed by atoms with Crippen LogP contribution in [0.15, 0.2) is 207 Å². The highest BCUT2D eigenvalue weighted by Crippen LogP contribution is 2.44. The van der Waals surface area contributed by atoms with Crippen molar-refractivity contribution in [1.82, 2.24) is 20.2 Å². The van der Waals surface area contributed by atoms with Crippen molar-refractivity contribution in [3.05, 3.63) is 212 Å². The highest BCUT2D eigenvalue weighted by Gasteiger charge is 2.18. The Morgan fingerprint density at radius 1 is 0.500 bits per heavy atom. The molecule has 0 aliphatic carbocycles.